The van der Waals surface area contributed by atoms with Gasteiger partial charge in [-0.15, -0.1) is 0 Å². The van der Waals surface area contributed by atoms with Gasteiger partial charge >= 0.3 is 6.18 Å². The molecule has 0 fully saturated rings. The molecule has 0 aliphatic rings. The van der Waals surface area contributed by atoms with E-state index in [2.05, 4.69) is 4.74 Å². The fourth-order valence-corrected chi connectivity index (χ4v) is 1.33. The van der Waals surface area contributed by atoms with Crippen molar-refractivity contribution in [3.05, 3.63) is 41.5 Å². The van der Waals surface area contributed by atoms with Crippen molar-refractivity contribution in [2.45, 2.75) is 13.1 Å². The van der Waals surface area contributed by atoms with E-state index in [0.29, 0.717) is 0 Å². The molecule has 0 saturated heterocycles. The Hall–Kier alpha value is -1.78. The Balaban J connectivity index is 3.27. The molecule has 1 aromatic rings. The topological polar surface area (TPSA) is 26.3 Å². The standard InChI is InChI=1S/C12H11F3O2/c1-3-4-10(16)8-5-6-11(17-2)9(7-8)12(13,14)15/h3-7H,1-2H3. The largest absolute Gasteiger partial charge is 0.496 e. The highest BCUT2D eigenvalue weighted by molar-refractivity contribution is 6.04. The van der Waals surface area contributed by atoms with E-state index < -0.39 is 17.5 Å². The zero-order chi connectivity index (χ0) is 13.1. The van der Waals surface area contributed by atoms with Gasteiger partial charge in [-0.05, 0) is 31.2 Å². The molecule has 0 N–H and O–H groups in total. The first-order chi connectivity index (χ1) is 7.90. The molecule has 1 rings (SSSR count). The fourth-order valence-electron chi connectivity index (χ4n) is 1.33. The number of halogens is 3. The molecule has 92 valence electrons. The number of ether oxygens (including phenoxy) is 1. The minimum atomic E-state index is -4.54. The summed E-state index contributed by atoms with van der Waals surface area (Å²) in [5, 5.41) is 0. The van der Waals surface area contributed by atoms with E-state index in [1.165, 1.54) is 18.2 Å². The van der Waals surface area contributed by atoms with Gasteiger partial charge < -0.3 is 4.74 Å². The molecular weight excluding hydrogens is 233 g/mol. The van der Waals surface area contributed by atoms with Crippen molar-refractivity contribution in [1.29, 1.82) is 0 Å². The second kappa shape index (κ2) is 5.03. The van der Waals surface area contributed by atoms with Crippen LogP contribution in [0.3, 0.4) is 0 Å². The molecule has 0 bridgehead atoms. The third-order valence-electron chi connectivity index (χ3n) is 2.11. The van der Waals surface area contributed by atoms with Gasteiger partial charge in [0, 0.05) is 5.56 Å². The Morgan fingerprint density at radius 1 is 1.35 bits per heavy atom. The smallest absolute Gasteiger partial charge is 0.419 e. The highest BCUT2D eigenvalue weighted by atomic mass is 19.4. The molecule has 0 amide bonds. The summed E-state index contributed by atoms with van der Waals surface area (Å²) in [5.74, 6) is -0.768. The van der Waals surface area contributed by atoms with Crippen LogP contribution < -0.4 is 4.74 Å². The number of hydrogen-bond donors (Lipinski definition) is 0. The first-order valence-electron chi connectivity index (χ1n) is 4.82. The number of hydrogen-bond acceptors (Lipinski definition) is 2. The number of allylic oxidation sites excluding steroid dienone is 2. The number of ketones is 1. The molecule has 0 aromatic heterocycles. The average Bonchev–Trinajstić information content (AvgIpc) is 2.27. The van der Waals surface area contributed by atoms with E-state index in [9.17, 15) is 18.0 Å². The molecule has 17 heavy (non-hydrogen) atoms. The lowest BCUT2D eigenvalue weighted by atomic mass is 10.1. The summed E-state index contributed by atoms with van der Waals surface area (Å²) in [5.41, 5.74) is -0.966. The maximum absolute atomic E-state index is 12.7. The Morgan fingerprint density at radius 2 is 2.00 bits per heavy atom. The molecule has 0 radical (unpaired) electrons. The second-order valence-electron chi connectivity index (χ2n) is 3.28. The molecule has 0 unspecified atom stereocenters. The summed E-state index contributed by atoms with van der Waals surface area (Å²) in [7, 11) is 1.15. The zero-order valence-electron chi connectivity index (χ0n) is 9.34. The molecular formula is C12H11F3O2. The summed E-state index contributed by atoms with van der Waals surface area (Å²) < 4.78 is 42.6. The molecule has 1 aromatic carbocycles. The zero-order valence-corrected chi connectivity index (χ0v) is 9.34. The predicted octanol–water partition coefficient (Wildman–Crippen LogP) is 3.47. The van der Waals surface area contributed by atoms with Gasteiger partial charge in [0.1, 0.15) is 5.75 Å². The highest BCUT2D eigenvalue weighted by Crippen LogP contribution is 2.36. The Labute approximate surface area is 96.7 Å². The van der Waals surface area contributed by atoms with Crippen LogP contribution in [-0.2, 0) is 6.18 Å². The van der Waals surface area contributed by atoms with E-state index >= 15 is 0 Å². The highest BCUT2D eigenvalue weighted by Gasteiger charge is 2.34. The summed E-state index contributed by atoms with van der Waals surface area (Å²) in [6.45, 7) is 1.62. The molecule has 0 aliphatic heterocycles. The SMILES string of the molecule is CC=CC(=O)c1ccc(OC)c(C(F)(F)F)c1. The fraction of sp³-hybridized carbons (Fsp3) is 0.250. The molecule has 0 saturated carbocycles. The van der Waals surface area contributed by atoms with Crippen molar-refractivity contribution in [3.8, 4) is 5.75 Å². The summed E-state index contributed by atoms with van der Waals surface area (Å²) in [6, 6.07) is 3.23. The van der Waals surface area contributed by atoms with Crippen molar-refractivity contribution in [3.63, 3.8) is 0 Å². The van der Waals surface area contributed by atoms with Gasteiger partial charge in [0.15, 0.2) is 5.78 Å². The van der Waals surface area contributed by atoms with Gasteiger partial charge in [0.25, 0.3) is 0 Å². The Kier molecular flexibility index (Phi) is 3.93. The predicted molar refractivity (Wildman–Crippen MR) is 57.1 cm³/mol. The van der Waals surface area contributed by atoms with Crippen molar-refractivity contribution < 1.29 is 22.7 Å². The summed E-state index contributed by atoms with van der Waals surface area (Å²) in [4.78, 5) is 11.4. The van der Waals surface area contributed by atoms with E-state index in [-0.39, 0.29) is 11.3 Å². The third kappa shape index (κ3) is 3.09. The third-order valence-corrected chi connectivity index (χ3v) is 2.11. The van der Waals surface area contributed by atoms with E-state index in [1.54, 1.807) is 6.92 Å². The Morgan fingerprint density at radius 3 is 2.47 bits per heavy atom. The Bertz CT molecular complexity index is 448. The van der Waals surface area contributed by atoms with Crippen LogP contribution in [0.4, 0.5) is 13.2 Å². The first-order valence-corrected chi connectivity index (χ1v) is 4.82. The molecule has 2 nitrogen and oxygen atoms in total. The van der Waals surface area contributed by atoms with Crippen LogP contribution in [0.5, 0.6) is 5.75 Å². The molecule has 0 spiro atoms. The lowest BCUT2D eigenvalue weighted by Gasteiger charge is -2.12. The number of alkyl halides is 3. The van der Waals surface area contributed by atoms with Gasteiger partial charge in [-0.3, -0.25) is 4.79 Å². The maximum atomic E-state index is 12.7. The van der Waals surface area contributed by atoms with Crippen LogP contribution in [0.2, 0.25) is 0 Å². The number of benzene rings is 1. The maximum Gasteiger partial charge on any atom is 0.419 e. The quantitative estimate of drug-likeness (QED) is 0.601. The van der Waals surface area contributed by atoms with Crippen LogP contribution in [0.1, 0.15) is 22.8 Å². The molecule has 5 heteroatoms. The van der Waals surface area contributed by atoms with Crippen LogP contribution in [-0.4, -0.2) is 12.9 Å². The van der Waals surface area contributed by atoms with Crippen molar-refractivity contribution >= 4 is 5.78 Å². The minimum Gasteiger partial charge on any atom is -0.496 e. The van der Waals surface area contributed by atoms with Crippen molar-refractivity contribution in [2.24, 2.45) is 0 Å². The minimum absolute atomic E-state index is 0.0174. The van der Waals surface area contributed by atoms with Crippen LogP contribution >= 0.6 is 0 Å². The van der Waals surface area contributed by atoms with E-state index in [4.69, 9.17) is 0 Å². The van der Waals surface area contributed by atoms with Gasteiger partial charge in [0.05, 0.1) is 12.7 Å². The number of carbonyl (C=O) groups excluding carboxylic acids is 1. The van der Waals surface area contributed by atoms with E-state index in [1.807, 2.05) is 0 Å². The van der Waals surface area contributed by atoms with Crippen molar-refractivity contribution in [1.82, 2.24) is 0 Å². The number of carbonyl (C=O) groups is 1. The second-order valence-corrected chi connectivity index (χ2v) is 3.28. The lowest BCUT2D eigenvalue weighted by Crippen LogP contribution is -2.09. The van der Waals surface area contributed by atoms with Crippen LogP contribution in [0.25, 0.3) is 0 Å². The van der Waals surface area contributed by atoms with Crippen LogP contribution in [0.15, 0.2) is 30.4 Å². The van der Waals surface area contributed by atoms with Gasteiger partial charge in [-0.1, -0.05) is 6.08 Å². The molecule has 0 atom stereocenters. The summed E-state index contributed by atoms with van der Waals surface area (Å²) >= 11 is 0. The molecule has 0 heterocycles. The van der Waals surface area contributed by atoms with Gasteiger partial charge in [-0.25, -0.2) is 0 Å². The van der Waals surface area contributed by atoms with E-state index in [0.717, 1.165) is 19.2 Å². The van der Waals surface area contributed by atoms with Crippen molar-refractivity contribution in [2.75, 3.05) is 7.11 Å². The number of methoxy groups -OCH3 is 1. The first kappa shape index (κ1) is 13.3. The molecule has 0 aliphatic carbocycles. The monoisotopic (exact) mass is 244 g/mol. The summed E-state index contributed by atoms with van der Waals surface area (Å²) in [6.07, 6.45) is -1.86. The normalized spacial score (nSPS) is 11.8. The van der Waals surface area contributed by atoms with Crippen LogP contribution in [0, 0.1) is 0 Å². The lowest BCUT2D eigenvalue weighted by molar-refractivity contribution is -0.138. The van der Waals surface area contributed by atoms with Gasteiger partial charge in [0.2, 0.25) is 0 Å². The number of rotatable bonds is 3. The average molecular weight is 244 g/mol. The van der Waals surface area contributed by atoms with Gasteiger partial charge in [-0.2, -0.15) is 13.2 Å².